The van der Waals surface area contributed by atoms with Crippen molar-refractivity contribution in [3.63, 3.8) is 0 Å². The van der Waals surface area contributed by atoms with Gasteiger partial charge in [0.2, 0.25) is 5.91 Å². The van der Waals surface area contributed by atoms with Gasteiger partial charge < -0.3 is 0 Å². The number of rotatable bonds is 4. The van der Waals surface area contributed by atoms with E-state index >= 15 is 0 Å². The lowest BCUT2D eigenvalue weighted by atomic mass is 9.75. The van der Waals surface area contributed by atoms with Crippen LogP contribution in [-0.4, -0.2) is 29.3 Å². The number of carbonyl (C=O) groups is 3. The highest BCUT2D eigenvalue weighted by atomic mass is 16.2. The molecule has 5 nitrogen and oxygen atoms in total. The molecule has 1 unspecified atom stereocenters. The maximum Gasteiger partial charge on any atom is 0.331 e. The van der Waals surface area contributed by atoms with Crippen molar-refractivity contribution in [2.45, 2.75) is 20.3 Å². The zero-order valence-corrected chi connectivity index (χ0v) is 10.1. The van der Waals surface area contributed by atoms with Crippen LogP contribution in [0.15, 0.2) is 24.8 Å². The van der Waals surface area contributed by atoms with E-state index in [1.807, 2.05) is 0 Å². The Morgan fingerprint density at radius 2 is 2.06 bits per heavy atom. The summed E-state index contributed by atoms with van der Waals surface area (Å²) >= 11 is 0. The normalized spacial score (nSPS) is 24.6. The second kappa shape index (κ2) is 4.53. The van der Waals surface area contributed by atoms with Crippen LogP contribution in [0.1, 0.15) is 20.3 Å². The highest BCUT2D eigenvalue weighted by Gasteiger charge is 2.52. The average molecular weight is 236 g/mol. The van der Waals surface area contributed by atoms with Crippen molar-refractivity contribution in [2.75, 3.05) is 6.54 Å². The first-order valence-corrected chi connectivity index (χ1v) is 5.36. The minimum absolute atomic E-state index is 0.0764. The quantitative estimate of drug-likeness (QED) is 0.589. The maximum atomic E-state index is 12.3. The van der Waals surface area contributed by atoms with Crippen molar-refractivity contribution in [1.29, 1.82) is 0 Å². The molecule has 5 heteroatoms. The number of carbonyl (C=O) groups excluding carboxylic acids is 3. The number of nitrogens with one attached hydrogen (secondary N) is 1. The Labute approximate surface area is 100 Å². The molecule has 0 aromatic heterocycles. The predicted octanol–water partition coefficient (Wildman–Crippen LogP) is 1.22. The molecule has 1 aliphatic rings. The Hall–Kier alpha value is -1.91. The summed E-state index contributed by atoms with van der Waals surface area (Å²) in [7, 11) is 0. The molecule has 1 rings (SSSR count). The van der Waals surface area contributed by atoms with Crippen LogP contribution in [0.2, 0.25) is 0 Å². The van der Waals surface area contributed by atoms with Gasteiger partial charge in [-0.2, -0.15) is 0 Å². The third kappa shape index (κ3) is 1.77. The van der Waals surface area contributed by atoms with Crippen molar-refractivity contribution < 1.29 is 14.4 Å². The summed E-state index contributed by atoms with van der Waals surface area (Å²) in [4.78, 5) is 36.7. The van der Waals surface area contributed by atoms with Crippen LogP contribution in [0.5, 0.6) is 0 Å². The molecule has 1 heterocycles. The molecule has 1 atom stereocenters. The first kappa shape index (κ1) is 13.2. The second-order valence-electron chi connectivity index (χ2n) is 4.00. The molecule has 4 amide bonds. The van der Waals surface area contributed by atoms with Crippen molar-refractivity contribution >= 4 is 17.8 Å². The first-order chi connectivity index (χ1) is 7.91. The number of imide groups is 2. The van der Waals surface area contributed by atoms with E-state index in [4.69, 9.17) is 0 Å². The van der Waals surface area contributed by atoms with E-state index in [1.165, 1.54) is 6.08 Å². The number of nitrogens with zero attached hydrogens (tertiary/aromatic N) is 1. The fourth-order valence-corrected chi connectivity index (χ4v) is 1.98. The Morgan fingerprint density at radius 3 is 2.47 bits per heavy atom. The van der Waals surface area contributed by atoms with E-state index in [0.29, 0.717) is 5.57 Å². The summed E-state index contributed by atoms with van der Waals surface area (Å²) in [6.07, 6.45) is 1.71. The Balaban J connectivity index is 3.26. The number of hydrogen-bond donors (Lipinski definition) is 1. The summed E-state index contributed by atoms with van der Waals surface area (Å²) < 4.78 is 0. The first-order valence-electron chi connectivity index (χ1n) is 5.36. The summed E-state index contributed by atoms with van der Waals surface area (Å²) in [6, 6.07) is -0.703. The lowest BCUT2D eigenvalue weighted by molar-refractivity contribution is -0.148. The molecule has 92 valence electrons. The highest BCUT2D eigenvalue weighted by molar-refractivity contribution is 6.20. The predicted molar refractivity (Wildman–Crippen MR) is 63.0 cm³/mol. The van der Waals surface area contributed by atoms with Crippen LogP contribution in [0.4, 0.5) is 4.79 Å². The second-order valence-corrected chi connectivity index (χ2v) is 4.00. The van der Waals surface area contributed by atoms with E-state index in [0.717, 1.165) is 4.90 Å². The van der Waals surface area contributed by atoms with Gasteiger partial charge in [-0.25, -0.2) is 4.79 Å². The van der Waals surface area contributed by atoms with Gasteiger partial charge in [-0.15, -0.1) is 6.58 Å². The van der Waals surface area contributed by atoms with Gasteiger partial charge in [-0.05, 0) is 13.3 Å². The molecule has 0 saturated carbocycles. The van der Waals surface area contributed by atoms with Crippen molar-refractivity contribution in [3.8, 4) is 0 Å². The molecule has 0 aromatic rings. The van der Waals surface area contributed by atoms with Crippen molar-refractivity contribution in [2.24, 2.45) is 5.41 Å². The van der Waals surface area contributed by atoms with Gasteiger partial charge in [0.05, 0.1) is 0 Å². The zero-order valence-electron chi connectivity index (χ0n) is 10.1. The Morgan fingerprint density at radius 1 is 1.47 bits per heavy atom. The van der Waals surface area contributed by atoms with Gasteiger partial charge in [-0.1, -0.05) is 25.2 Å². The molecule has 0 spiro atoms. The van der Waals surface area contributed by atoms with Crippen LogP contribution < -0.4 is 5.32 Å². The summed E-state index contributed by atoms with van der Waals surface area (Å²) in [5.74, 6) is -1.12. The third-order valence-electron chi connectivity index (χ3n) is 3.03. The van der Waals surface area contributed by atoms with Crippen LogP contribution >= 0.6 is 0 Å². The monoisotopic (exact) mass is 236 g/mol. The van der Waals surface area contributed by atoms with Crippen molar-refractivity contribution in [1.82, 2.24) is 10.2 Å². The fraction of sp³-hybridized carbons (Fsp3) is 0.417. The molecule has 1 saturated heterocycles. The smallest absolute Gasteiger partial charge is 0.276 e. The highest BCUT2D eigenvalue weighted by Crippen LogP contribution is 2.35. The molecule has 0 bridgehead atoms. The van der Waals surface area contributed by atoms with Gasteiger partial charge >= 0.3 is 6.03 Å². The van der Waals surface area contributed by atoms with Gasteiger partial charge in [-0.3, -0.25) is 19.8 Å². The lowest BCUT2D eigenvalue weighted by Gasteiger charge is -2.38. The summed E-state index contributed by atoms with van der Waals surface area (Å²) in [5, 5.41) is 2.19. The Kier molecular flexibility index (Phi) is 3.50. The molecular formula is C12H16N2O3. The number of urea groups is 1. The van der Waals surface area contributed by atoms with Crippen LogP contribution in [0, 0.1) is 5.41 Å². The van der Waals surface area contributed by atoms with Gasteiger partial charge in [0.1, 0.15) is 5.41 Å². The SMILES string of the molecule is C=CCN1C(=O)NC(=O)C(CC)(C(=C)C)C1=O. The number of barbiturate groups is 1. The lowest BCUT2D eigenvalue weighted by Crippen LogP contribution is -2.64. The largest absolute Gasteiger partial charge is 0.331 e. The molecule has 0 aliphatic carbocycles. The van der Waals surface area contributed by atoms with Crippen LogP contribution in [0.25, 0.3) is 0 Å². The van der Waals surface area contributed by atoms with E-state index in [2.05, 4.69) is 18.5 Å². The third-order valence-corrected chi connectivity index (χ3v) is 3.03. The maximum absolute atomic E-state index is 12.3. The summed E-state index contributed by atoms with van der Waals surface area (Å²) in [5.41, 5.74) is -0.902. The van der Waals surface area contributed by atoms with Gasteiger partial charge in [0.25, 0.3) is 5.91 Å². The zero-order chi connectivity index (χ0) is 13.2. The topological polar surface area (TPSA) is 66.5 Å². The molecular weight excluding hydrogens is 220 g/mol. The average Bonchev–Trinajstić information content (AvgIpc) is 2.25. The summed E-state index contributed by atoms with van der Waals surface area (Å²) in [6.45, 7) is 10.6. The number of hydrogen-bond acceptors (Lipinski definition) is 3. The molecule has 0 aromatic carbocycles. The fourth-order valence-electron chi connectivity index (χ4n) is 1.98. The molecule has 1 fully saturated rings. The molecule has 1 N–H and O–H groups in total. The van der Waals surface area contributed by atoms with Gasteiger partial charge in [0, 0.05) is 6.54 Å². The van der Waals surface area contributed by atoms with Crippen LogP contribution in [0.3, 0.4) is 0 Å². The van der Waals surface area contributed by atoms with Crippen LogP contribution in [-0.2, 0) is 9.59 Å². The van der Waals surface area contributed by atoms with E-state index in [1.54, 1.807) is 13.8 Å². The van der Waals surface area contributed by atoms with Crippen molar-refractivity contribution in [3.05, 3.63) is 24.8 Å². The standard InChI is InChI=1S/C12H16N2O3/c1-5-7-14-10(16)12(6-2,8(3)4)9(15)13-11(14)17/h5H,1,3,6-7H2,2,4H3,(H,13,15,17). The number of amides is 4. The van der Waals surface area contributed by atoms with Gasteiger partial charge in [0.15, 0.2) is 0 Å². The Bertz CT molecular complexity index is 414. The molecule has 0 radical (unpaired) electrons. The van der Waals surface area contributed by atoms with E-state index < -0.39 is 23.3 Å². The minimum Gasteiger partial charge on any atom is -0.276 e. The molecule has 1 aliphatic heterocycles. The van der Waals surface area contributed by atoms with E-state index in [9.17, 15) is 14.4 Å². The van der Waals surface area contributed by atoms with E-state index in [-0.39, 0.29) is 13.0 Å². The molecule has 17 heavy (non-hydrogen) atoms. The minimum atomic E-state index is -1.34.